The maximum Gasteiger partial charge on any atom is 0.224 e. The summed E-state index contributed by atoms with van der Waals surface area (Å²) in [7, 11) is 0. The molecule has 1 fully saturated rings. The van der Waals surface area contributed by atoms with E-state index in [0.29, 0.717) is 12.5 Å². The largest absolute Gasteiger partial charge is 0.388 e. The summed E-state index contributed by atoms with van der Waals surface area (Å²) in [4.78, 5) is 8.67. The van der Waals surface area contributed by atoms with Crippen LogP contribution in [-0.4, -0.2) is 33.8 Å². The summed E-state index contributed by atoms with van der Waals surface area (Å²) < 4.78 is 0. The quantitative estimate of drug-likeness (QED) is 0.772. The van der Waals surface area contributed by atoms with E-state index in [4.69, 9.17) is 0 Å². The summed E-state index contributed by atoms with van der Waals surface area (Å²) in [6.07, 6.45) is 5.74. The summed E-state index contributed by atoms with van der Waals surface area (Å²) in [5.74, 6) is 2.17. The van der Waals surface area contributed by atoms with Crippen molar-refractivity contribution in [3.05, 3.63) is 11.8 Å². The van der Waals surface area contributed by atoms with Gasteiger partial charge in [0.05, 0.1) is 5.60 Å². The van der Waals surface area contributed by atoms with Gasteiger partial charge in [0, 0.05) is 24.8 Å². The fraction of sp³-hybridized carbons (Fsp3) is 0.733. The Bertz CT molecular complexity index is 441. The zero-order valence-corrected chi connectivity index (χ0v) is 12.7. The molecule has 1 aliphatic carbocycles. The molecule has 0 aromatic carbocycles. The van der Waals surface area contributed by atoms with Crippen molar-refractivity contribution in [3.8, 4) is 0 Å². The smallest absolute Gasteiger partial charge is 0.224 e. The second-order valence-electron chi connectivity index (χ2n) is 6.02. The van der Waals surface area contributed by atoms with Crippen molar-refractivity contribution >= 4 is 11.8 Å². The van der Waals surface area contributed by atoms with Gasteiger partial charge in [-0.05, 0) is 45.4 Å². The van der Waals surface area contributed by atoms with Crippen molar-refractivity contribution in [2.24, 2.45) is 5.92 Å². The minimum Gasteiger partial charge on any atom is -0.388 e. The lowest BCUT2D eigenvalue weighted by molar-refractivity contribution is 0.00494. The van der Waals surface area contributed by atoms with E-state index in [-0.39, 0.29) is 0 Å². The molecule has 0 unspecified atom stereocenters. The van der Waals surface area contributed by atoms with E-state index in [0.717, 1.165) is 49.5 Å². The lowest BCUT2D eigenvalue weighted by atomic mass is 9.79. The van der Waals surface area contributed by atoms with Crippen LogP contribution in [-0.2, 0) is 0 Å². The molecule has 1 aliphatic rings. The van der Waals surface area contributed by atoms with E-state index in [1.165, 1.54) is 0 Å². The van der Waals surface area contributed by atoms with Crippen LogP contribution in [0.3, 0.4) is 0 Å². The van der Waals surface area contributed by atoms with Crippen molar-refractivity contribution in [2.75, 3.05) is 23.7 Å². The van der Waals surface area contributed by atoms with Crippen LogP contribution in [0.4, 0.5) is 11.8 Å². The molecule has 1 saturated carbocycles. The molecule has 112 valence electrons. The van der Waals surface area contributed by atoms with Crippen LogP contribution in [0.1, 0.15) is 45.1 Å². The minimum atomic E-state index is -0.595. The Balaban J connectivity index is 1.97. The molecule has 0 atom stereocenters. The van der Waals surface area contributed by atoms with E-state index >= 15 is 0 Å². The van der Waals surface area contributed by atoms with Gasteiger partial charge in [-0.25, -0.2) is 4.98 Å². The third-order valence-corrected chi connectivity index (χ3v) is 4.10. The third kappa shape index (κ3) is 3.82. The van der Waals surface area contributed by atoms with Gasteiger partial charge in [-0.15, -0.1) is 0 Å². The molecular formula is C15H26N4O. The van der Waals surface area contributed by atoms with Crippen molar-refractivity contribution < 1.29 is 5.11 Å². The highest BCUT2D eigenvalue weighted by atomic mass is 16.3. The van der Waals surface area contributed by atoms with Gasteiger partial charge >= 0.3 is 0 Å². The van der Waals surface area contributed by atoms with Crippen LogP contribution in [0.2, 0.25) is 0 Å². The standard InChI is InChI=1S/C15H26N4O/c1-4-16-14-17-9-12(3)13(19-14)18-10-15(20)7-5-11(2)6-8-15/h9,11,20H,4-8,10H2,1-3H3,(H2,16,17,18,19). The molecule has 2 rings (SSSR count). The summed E-state index contributed by atoms with van der Waals surface area (Å²) in [6, 6.07) is 0. The lowest BCUT2D eigenvalue weighted by Gasteiger charge is -2.35. The number of anilines is 2. The zero-order valence-electron chi connectivity index (χ0n) is 12.7. The lowest BCUT2D eigenvalue weighted by Crippen LogP contribution is -2.40. The first-order chi connectivity index (χ1) is 9.52. The molecule has 5 nitrogen and oxygen atoms in total. The molecule has 1 aromatic rings. The number of aliphatic hydroxyl groups is 1. The average Bonchev–Trinajstić information content (AvgIpc) is 2.43. The van der Waals surface area contributed by atoms with Gasteiger partial charge in [-0.3, -0.25) is 0 Å². The molecule has 0 amide bonds. The number of aryl methyl sites for hydroxylation is 1. The summed E-state index contributed by atoms with van der Waals surface area (Å²) >= 11 is 0. The second-order valence-corrected chi connectivity index (χ2v) is 6.02. The van der Waals surface area contributed by atoms with Gasteiger partial charge in [0.25, 0.3) is 0 Å². The zero-order chi connectivity index (χ0) is 14.6. The van der Waals surface area contributed by atoms with Crippen LogP contribution in [0.5, 0.6) is 0 Å². The molecule has 0 bridgehead atoms. The number of hydrogen-bond donors (Lipinski definition) is 3. The predicted octanol–water partition coefficient (Wildman–Crippen LogP) is 2.57. The van der Waals surface area contributed by atoms with Gasteiger partial charge in [-0.2, -0.15) is 4.98 Å². The highest BCUT2D eigenvalue weighted by Crippen LogP contribution is 2.32. The molecule has 1 heterocycles. The Morgan fingerprint density at radius 3 is 2.70 bits per heavy atom. The van der Waals surface area contributed by atoms with Crippen LogP contribution in [0, 0.1) is 12.8 Å². The number of rotatable bonds is 5. The first kappa shape index (κ1) is 15.0. The Kier molecular flexibility index (Phi) is 4.81. The van der Waals surface area contributed by atoms with Crippen LogP contribution in [0.25, 0.3) is 0 Å². The second kappa shape index (κ2) is 6.39. The summed E-state index contributed by atoms with van der Waals surface area (Å²) in [5.41, 5.74) is 0.404. The SMILES string of the molecule is CCNc1ncc(C)c(NCC2(O)CCC(C)CC2)n1. The topological polar surface area (TPSA) is 70.1 Å². The van der Waals surface area contributed by atoms with E-state index in [1.807, 2.05) is 13.8 Å². The van der Waals surface area contributed by atoms with Gasteiger partial charge < -0.3 is 15.7 Å². The fourth-order valence-corrected chi connectivity index (χ4v) is 2.59. The van der Waals surface area contributed by atoms with E-state index in [2.05, 4.69) is 27.5 Å². The monoisotopic (exact) mass is 278 g/mol. The van der Waals surface area contributed by atoms with Crippen molar-refractivity contribution in [1.82, 2.24) is 9.97 Å². The normalized spacial score (nSPS) is 26.3. The van der Waals surface area contributed by atoms with Crippen molar-refractivity contribution in [1.29, 1.82) is 0 Å². The summed E-state index contributed by atoms with van der Waals surface area (Å²) in [5, 5.41) is 17.0. The van der Waals surface area contributed by atoms with Crippen LogP contribution >= 0.6 is 0 Å². The van der Waals surface area contributed by atoms with Crippen LogP contribution in [0.15, 0.2) is 6.20 Å². The average molecular weight is 278 g/mol. The van der Waals surface area contributed by atoms with Gasteiger partial charge in [0.2, 0.25) is 5.95 Å². The predicted molar refractivity (Wildman–Crippen MR) is 82.0 cm³/mol. The van der Waals surface area contributed by atoms with E-state index in [9.17, 15) is 5.11 Å². The first-order valence-electron chi connectivity index (χ1n) is 7.56. The molecule has 0 spiro atoms. The maximum absolute atomic E-state index is 10.6. The molecule has 20 heavy (non-hydrogen) atoms. The Morgan fingerprint density at radius 2 is 2.05 bits per heavy atom. The van der Waals surface area contributed by atoms with Crippen molar-refractivity contribution in [3.63, 3.8) is 0 Å². The summed E-state index contributed by atoms with van der Waals surface area (Å²) in [6.45, 7) is 7.60. The van der Waals surface area contributed by atoms with E-state index < -0.39 is 5.60 Å². The Labute approximate surface area is 121 Å². The van der Waals surface area contributed by atoms with Gasteiger partial charge in [-0.1, -0.05) is 6.92 Å². The Hall–Kier alpha value is -1.36. The first-order valence-corrected chi connectivity index (χ1v) is 7.56. The molecule has 0 radical (unpaired) electrons. The minimum absolute atomic E-state index is 0.559. The molecule has 1 aromatic heterocycles. The number of nitrogens with one attached hydrogen (secondary N) is 2. The fourth-order valence-electron chi connectivity index (χ4n) is 2.59. The Morgan fingerprint density at radius 1 is 1.35 bits per heavy atom. The van der Waals surface area contributed by atoms with Crippen LogP contribution < -0.4 is 10.6 Å². The molecule has 3 N–H and O–H groups in total. The number of nitrogens with zero attached hydrogens (tertiary/aromatic N) is 2. The van der Waals surface area contributed by atoms with Gasteiger partial charge in [0.1, 0.15) is 5.82 Å². The maximum atomic E-state index is 10.6. The molecule has 0 aliphatic heterocycles. The van der Waals surface area contributed by atoms with Crippen molar-refractivity contribution in [2.45, 2.75) is 52.1 Å². The highest BCUT2D eigenvalue weighted by molar-refractivity contribution is 5.46. The molecule has 5 heteroatoms. The van der Waals surface area contributed by atoms with E-state index in [1.54, 1.807) is 6.20 Å². The molecule has 0 saturated heterocycles. The highest BCUT2D eigenvalue weighted by Gasteiger charge is 2.31. The third-order valence-electron chi connectivity index (χ3n) is 4.10. The molecular weight excluding hydrogens is 252 g/mol. The number of aromatic nitrogens is 2. The number of hydrogen-bond acceptors (Lipinski definition) is 5. The van der Waals surface area contributed by atoms with Gasteiger partial charge in [0.15, 0.2) is 0 Å².